The molecule has 0 aromatic heterocycles. The van der Waals surface area contributed by atoms with E-state index < -0.39 is 5.92 Å². The maximum absolute atomic E-state index is 12.2. The van der Waals surface area contributed by atoms with Crippen molar-refractivity contribution >= 4 is 11.8 Å². The number of nitrogens with zero attached hydrogens (tertiary/aromatic N) is 1. The number of nitrogens with two attached hydrogens (primary N) is 2. The van der Waals surface area contributed by atoms with Gasteiger partial charge < -0.3 is 22.1 Å². The highest BCUT2D eigenvalue weighted by molar-refractivity contribution is 5.81. The lowest BCUT2D eigenvalue weighted by molar-refractivity contribution is -0.124. The van der Waals surface area contributed by atoms with Crippen molar-refractivity contribution < 1.29 is 9.59 Å². The lowest BCUT2D eigenvalue weighted by atomic mass is 9.91. The van der Waals surface area contributed by atoms with Crippen molar-refractivity contribution in [3.63, 3.8) is 0 Å². The molecule has 0 bridgehead atoms. The summed E-state index contributed by atoms with van der Waals surface area (Å²) in [6.07, 6.45) is 7.88. The fourth-order valence-electron chi connectivity index (χ4n) is 2.40. The first kappa shape index (κ1) is 25.8. The summed E-state index contributed by atoms with van der Waals surface area (Å²) < 4.78 is 0. The van der Waals surface area contributed by atoms with Crippen molar-refractivity contribution in [3.05, 3.63) is 24.8 Å². The predicted octanol–water partition coefficient (Wildman–Crippen LogP) is 1.47. The number of hydrogen-bond acceptors (Lipinski definition) is 5. The molecular weight excluding hydrogens is 354 g/mol. The normalized spacial score (nSPS) is 15.2. The van der Waals surface area contributed by atoms with E-state index in [1.165, 1.54) is 0 Å². The third-order valence-corrected chi connectivity index (χ3v) is 4.60. The van der Waals surface area contributed by atoms with E-state index >= 15 is 0 Å². The van der Waals surface area contributed by atoms with Crippen LogP contribution in [0.4, 0.5) is 0 Å². The number of nitriles is 1. The molecule has 0 saturated carbocycles. The van der Waals surface area contributed by atoms with Crippen LogP contribution in [0.25, 0.3) is 0 Å². The summed E-state index contributed by atoms with van der Waals surface area (Å²) >= 11 is 0. The molecule has 0 aromatic carbocycles. The van der Waals surface area contributed by atoms with E-state index in [-0.39, 0.29) is 29.6 Å². The van der Waals surface area contributed by atoms with Crippen LogP contribution in [0, 0.1) is 35.0 Å². The minimum atomic E-state index is -0.702. The number of carbonyl (C=O) groups is 2. The van der Waals surface area contributed by atoms with Crippen molar-refractivity contribution in [2.24, 2.45) is 35.1 Å². The molecule has 0 saturated heterocycles. The molecule has 0 aromatic rings. The summed E-state index contributed by atoms with van der Waals surface area (Å²) in [6, 6.07) is 2.08. The zero-order valence-corrected chi connectivity index (χ0v) is 17.3. The molecule has 28 heavy (non-hydrogen) atoms. The van der Waals surface area contributed by atoms with Gasteiger partial charge in [-0.05, 0) is 50.1 Å². The molecule has 0 heterocycles. The first-order valence-electron chi connectivity index (χ1n) is 9.99. The van der Waals surface area contributed by atoms with Crippen LogP contribution in [-0.4, -0.2) is 38.0 Å². The number of amides is 2. The zero-order chi connectivity index (χ0) is 21.4. The Balaban J connectivity index is 4.25. The van der Waals surface area contributed by atoms with Gasteiger partial charge in [0, 0.05) is 19.5 Å². The van der Waals surface area contributed by atoms with E-state index in [2.05, 4.69) is 23.3 Å². The summed E-state index contributed by atoms with van der Waals surface area (Å²) in [5, 5.41) is 14.9. The van der Waals surface area contributed by atoms with Gasteiger partial charge in [0.15, 0.2) is 0 Å². The van der Waals surface area contributed by atoms with Gasteiger partial charge in [-0.25, -0.2) is 0 Å². The zero-order valence-electron chi connectivity index (χ0n) is 17.3. The first-order valence-corrected chi connectivity index (χ1v) is 9.99. The van der Waals surface area contributed by atoms with E-state index in [0.29, 0.717) is 39.0 Å². The van der Waals surface area contributed by atoms with Crippen molar-refractivity contribution in [1.29, 1.82) is 5.26 Å². The molecule has 6 N–H and O–H groups in total. The highest BCUT2D eigenvalue weighted by Gasteiger charge is 2.21. The van der Waals surface area contributed by atoms with Gasteiger partial charge in [-0.3, -0.25) is 9.59 Å². The summed E-state index contributed by atoms with van der Waals surface area (Å²) in [5.74, 6) is -0.471. The van der Waals surface area contributed by atoms with Crippen LogP contribution >= 0.6 is 0 Å². The summed E-state index contributed by atoms with van der Waals surface area (Å²) in [5.41, 5.74) is 11.1. The lowest BCUT2D eigenvalue weighted by Crippen LogP contribution is -2.35. The molecule has 0 spiro atoms. The topological polar surface area (TPSA) is 134 Å². The highest BCUT2D eigenvalue weighted by atomic mass is 16.2. The summed E-state index contributed by atoms with van der Waals surface area (Å²) in [7, 11) is 0. The van der Waals surface area contributed by atoms with Gasteiger partial charge in [0.05, 0.1) is 6.07 Å². The van der Waals surface area contributed by atoms with Gasteiger partial charge in [0.1, 0.15) is 5.92 Å². The van der Waals surface area contributed by atoms with Crippen LogP contribution < -0.4 is 22.1 Å². The van der Waals surface area contributed by atoms with E-state index in [9.17, 15) is 14.9 Å². The Hall–Kier alpha value is -2.17. The maximum Gasteiger partial charge on any atom is 0.237 e. The second-order valence-electron chi connectivity index (χ2n) is 7.40. The van der Waals surface area contributed by atoms with Crippen molar-refractivity contribution in [2.75, 3.05) is 26.2 Å². The van der Waals surface area contributed by atoms with Gasteiger partial charge in [0.2, 0.25) is 11.8 Å². The first-order chi connectivity index (χ1) is 13.4. The molecule has 7 nitrogen and oxygen atoms in total. The monoisotopic (exact) mass is 391 g/mol. The van der Waals surface area contributed by atoms with E-state index in [4.69, 9.17) is 11.5 Å². The average molecular weight is 392 g/mol. The van der Waals surface area contributed by atoms with Crippen LogP contribution in [-0.2, 0) is 9.59 Å². The Bertz CT molecular complexity index is 541. The van der Waals surface area contributed by atoms with Gasteiger partial charge >= 0.3 is 0 Å². The molecule has 0 fully saturated rings. The number of allylic oxidation sites excluding steroid dienone is 2. The molecule has 4 atom stereocenters. The van der Waals surface area contributed by atoms with Gasteiger partial charge in [-0.1, -0.05) is 32.1 Å². The van der Waals surface area contributed by atoms with Crippen molar-refractivity contribution in [1.82, 2.24) is 10.6 Å². The third kappa shape index (κ3) is 12.3. The Kier molecular flexibility index (Phi) is 14.6. The summed E-state index contributed by atoms with van der Waals surface area (Å²) in [4.78, 5) is 23.9. The van der Waals surface area contributed by atoms with Gasteiger partial charge in [-0.15, -0.1) is 6.58 Å². The molecule has 4 unspecified atom stereocenters. The fourth-order valence-corrected chi connectivity index (χ4v) is 2.40. The maximum atomic E-state index is 12.2. The predicted molar refractivity (Wildman–Crippen MR) is 113 cm³/mol. The quantitative estimate of drug-likeness (QED) is 0.314. The molecule has 0 radical (unpaired) electrons. The lowest BCUT2D eigenvalue weighted by Gasteiger charge is -2.17. The number of carbonyl (C=O) groups excluding carboxylic acids is 2. The average Bonchev–Trinajstić information content (AvgIpc) is 2.71. The van der Waals surface area contributed by atoms with E-state index in [1.807, 2.05) is 26.0 Å². The van der Waals surface area contributed by atoms with Crippen LogP contribution in [0.15, 0.2) is 24.8 Å². The smallest absolute Gasteiger partial charge is 0.237 e. The molecule has 0 rings (SSSR count). The van der Waals surface area contributed by atoms with Gasteiger partial charge in [-0.2, -0.15) is 5.26 Å². The Morgan fingerprint density at radius 3 is 2.25 bits per heavy atom. The van der Waals surface area contributed by atoms with Crippen LogP contribution in [0.5, 0.6) is 0 Å². The molecule has 7 heteroatoms. The van der Waals surface area contributed by atoms with Crippen molar-refractivity contribution in [2.45, 2.75) is 39.5 Å². The number of nitrogens with one attached hydrogen (secondary N) is 2. The minimum absolute atomic E-state index is 0.0234. The third-order valence-electron chi connectivity index (χ3n) is 4.60. The van der Waals surface area contributed by atoms with Crippen LogP contribution in [0.1, 0.15) is 39.5 Å². The van der Waals surface area contributed by atoms with Crippen molar-refractivity contribution in [3.8, 4) is 6.07 Å². The van der Waals surface area contributed by atoms with Crippen LogP contribution in [0.2, 0.25) is 0 Å². The molecule has 0 aliphatic carbocycles. The molecule has 0 aliphatic rings. The standard InChI is InChI=1S/C21H37N5O2/c1-4-18(10-19(13-24)21(28)26-15-17(3)12-23)8-6-5-7-9-20(27)25-14-16(2)11-22/h4-5,7,16-19H,1,6,8-12,14-15,22-23H2,2-3H3,(H,25,27)(H,26,28)/b7-5-. The second-order valence-corrected chi connectivity index (χ2v) is 7.40. The van der Waals surface area contributed by atoms with Crippen LogP contribution in [0.3, 0.4) is 0 Å². The molecule has 0 aliphatic heterocycles. The van der Waals surface area contributed by atoms with E-state index in [0.717, 1.165) is 12.8 Å². The second kappa shape index (κ2) is 15.8. The number of hydrogen-bond donors (Lipinski definition) is 4. The highest BCUT2D eigenvalue weighted by Crippen LogP contribution is 2.19. The SMILES string of the molecule is C=CC(CC/C=C\CC(=O)NCC(C)CN)CC(C#N)C(=O)NCC(C)CN. The van der Waals surface area contributed by atoms with Gasteiger partial charge in [0.25, 0.3) is 0 Å². The Morgan fingerprint density at radius 2 is 1.71 bits per heavy atom. The fraction of sp³-hybridized carbons (Fsp3) is 0.667. The minimum Gasteiger partial charge on any atom is -0.356 e. The number of rotatable bonds is 15. The molecule has 2 amide bonds. The molecule has 158 valence electrons. The largest absolute Gasteiger partial charge is 0.356 e. The summed E-state index contributed by atoms with van der Waals surface area (Å²) in [6.45, 7) is 9.84. The molecular formula is C21H37N5O2. The van der Waals surface area contributed by atoms with E-state index in [1.54, 1.807) is 6.08 Å². The Morgan fingerprint density at radius 1 is 1.11 bits per heavy atom. The Labute approximate surface area is 169 Å².